The van der Waals surface area contributed by atoms with E-state index < -0.39 is 36.0 Å². The highest BCUT2D eigenvalue weighted by Gasteiger charge is 2.53. The second-order valence-electron chi connectivity index (χ2n) is 25.5. The van der Waals surface area contributed by atoms with E-state index in [0.29, 0.717) is 32.1 Å². The highest BCUT2D eigenvalue weighted by Crippen LogP contribution is 2.31. The van der Waals surface area contributed by atoms with Crippen LogP contribution in [0.2, 0.25) is 0 Å². The number of unbranched alkanes of at least 4 members (excludes halogenated alkanes) is 45. The summed E-state index contributed by atoms with van der Waals surface area (Å²) in [6, 6.07) is 0. The molecule has 502 valence electrons. The molecule has 0 aliphatic heterocycles. The van der Waals surface area contributed by atoms with Gasteiger partial charge >= 0.3 is 29.9 Å². The van der Waals surface area contributed by atoms with E-state index in [9.17, 15) is 19.2 Å². The summed E-state index contributed by atoms with van der Waals surface area (Å²) in [6.45, 7) is 11.1. The molecule has 1 atom stereocenters. The van der Waals surface area contributed by atoms with Crippen molar-refractivity contribution >= 4 is 23.9 Å². The highest BCUT2D eigenvalue weighted by molar-refractivity contribution is 5.74. The fraction of sp³-hybridized carbons (Fsp3) is 0.846. The molecule has 0 aromatic carbocycles. The Hall–Kier alpha value is -3.16. The molecule has 0 fully saturated rings. The third kappa shape index (κ3) is 58.5. The molecule has 8 heteroatoms. The second kappa shape index (κ2) is 67.8. The maximum absolute atomic E-state index is 14.1. The number of carbonyl (C=O) groups is 4. The molecule has 1 unspecified atom stereocenters. The van der Waals surface area contributed by atoms with Gasteiger partial charge in [-0.15, -0.1) is 0 Å². The zero-order chi connectivity index (χ0) is 62.6. The summed E-state index contributed by atoms with van der Waals surface area (Å²) in [6.07, 6.45) is 78.5. The van der Waals surface area contributed by atoms with Crippen molar-refractivity contribution in [2.45, 2.75) is 426 Å². The molecule has 0 spiro atoms. The molecule has 0 saturated carbocycles. The molecule has 0 aromatic rings. The average Bonchev–Trinajstić information content (AvgIpc) is 1.60. The average molecular weight is 1210 g/mol. The Balaban J connectivity index is 5.98. The fourth-order valence-electron chi connectivity index (χ4n) is 11.2. The summed E-state index contributed by atoms with van der Waals surface area (Å²) in [7, 11) is 0. The van der Waals surface area contributed by atoms with Crippen LogP contribution < -0.4 is 0 Å². The van der Waals surface area contributed by atoms with Crippen molar-refractivity contribution in [3.8, 4) is 0 Å². The summed E-state index contributed by atoms with van der Waals surface area (Å²) >= 11 is 0. The first-order valence-corrected chi connectivity index (χ1v) is 37.7. The number of ether oxygens (including phenoxy) is 4. The summed E-state index contributed by atoms with van der Waals surface area (Å²) in [4.78, 5) is 56.2. The fourth-order valence-corrected chi connectivity index (χ4v) is 11.2. The van der Waals surface area contributed by atoms with Crippen LogP contribution in [0.25, 0.3) is 0 Å². The Morgan fingerprint density at radius 1 is 0.244 bits per heavy atom. The quantitative estimate of drug-likeness (QED) is 0.0257. The molecule has 0 aromatic heterocycles. The van der Waals surface area contributed by atoms with E-state index >= 15 is 0 Å². The van der Waals surface area contributed by atoms with Gasteiger partial charge in [-0.05, 0) is 141 Å². The van der Waals surface area contributed by atoms with Crippen molar-refractivity contribution < 1.29 is 38.1 Å². The van der Waals surface area contributed by atoms with E-state index in [0.717, 1.165) is 154 Å². The smallest absolute Gasteiger partial charge is 0.449 e. The van der Waals surface area contributed by atoms with Crippen LogP contribution >= 0.6 is 0 Å². The third-order valence-electron chi connectivity index (χ3n) is 16.8. The molecule has 0 saturated heterocycles. The Morgan fingerprint density at radius 2 is 0.430 bits per heavy atom. The summed E-state index contributed by atoms with van der Waals surface area (Å²) in [5, 5.41) is 0. The Labute approximate surface area is 533 Å². The van der Waals surface area contributed by atoms with Crippen LogP contribution in [0.4, 0.5) is 0 Å². The molecule has 0 aliphatic rings. The van der Waals surface area contributed by atoms with Crippen molar-refractivity contribution in [3.05, 3.63) is 48.6 Å². The number of esters is 4. The van der Waals surface area contributed by atoms with Crippen LogP contribution in [-0.2, 0) is 38.1 Å². The lowest BCUT2D eigenvalue weighted by atomic mass is 10.1. The topological polar surface area (TPSA) is 105 Å². The SMILES string of the molecule is CCCCCCCC/C=C\CCCCCCCC(=O)OC(CCCC)C(OC(=O)CCCCCCC/C=C\CCCCCCCC)(OC(=O)CCCCCCC/C=C\CCCCCCCC)OC(=O)CCCCCCC/C=C\CCCCCCCC. The van der Waals surface area contributed by atoms with Crippen LogP contribution in [0.3, 0.4) is 0 Å². The first-order valence-electron chi connectivity index (χ1n) is 37.7. The van der Waals surface area contributed by atoms with Gasteiger partial charge in [0.05, 0.1) is 0 Å². The summed E-state index contributed by atoms with van der Waals surface area (Å²) < 4.78 is 24.9. The van der Waals surface area contributed by atoms with E-state index in [1.54, 1.807) is 0 Å². The lowest BCUT2D eigenvalue weighted by Gasteiger charge is -2.36. The molecule has 0 heterocycles. The van der Waals surface area contributed by atoms with Crippen LogP contribution in [0.1, 0.15) is 413 Å². The van der Waals surface area contributed by atoms with Gasteiger partial charge in [0, 0.05) is 25.7 Å². The lowest BCUT2D eigenvalue weighted by molar-refractivity contribution is -0.365. The monoisotopic (exact) mass is 1210 g/mol. The zero-order valence-corrected chi connectivity index (χ0v) is 57.7. The normalized spacial score (nSPS) is 12.4. The minimum atomic E-state index is -2.51. The number of rotatable bonds is 68. The van der Waals surface area contributed by atoms with Gasteiger partial charge in [-0.1, -0.05) is 295 Å². The Bertz CT molecular complexity index is 1460. The minimum absolute atomic E-state index is 0.0703. The van der Waals surface area contributed by atoms with E-state index in [2.05, 4.69) is 76.3 Å². The molecular weight excluding hydrogens is 1060 g/mol. The van der Waals surface area contributed by atoms with Gasteiger partial charge in [0.2, 0.25) is 6.10 Å². The van der Waals surface area contributed by atoms with E-state index in [1.165, 1.54) is 161 Å². The molecule has 0 aliphatic carbocycles. The van der Waals surface area contributed by atoms with E-state index in [4.69, 9.17) is 18.9 Å². The first-order chi connectivity index (χ1) is 42.3. The summed E-state index contributed by atoms with van der Waals surface area (Å²) in [5.41, 5.74) is 0. The number of carbonyl (C=O) groups excluding carboxylic acids is 4. The van der Waals surface area contributed by atoms with Crippen molar-refractivity contribution in [1.29, 1.82) is 0 Å². The zero-order valence-electron chi connectivity index (χ0n) is 57.7. The van der Waals surface area contributed by atoms with Gasteiger partial charge in [0.25, 0.3) is 0 Å². The Morgan fingerprint density at radius 3 is 0.651 bits per heavy atom. The molecule has 0 amide bonds. The van der Waals surface area contributed by atoms with Crippen LogP contribution in [0.5, 0.6) is 0 Å². The predicted molar refractivity (Wildman–Crippen MR) is 368 cm³/mol. The molecule has 8 nitrogen and oxygen atoms in total. The van der Waals surface area contributed by atoms with Gasteiger partial charge in [0.1, 0.15) is 0 Å². The van der Waals surface area contributed by atoms with Crippen molar-refractivity contribution in [3.63, 3.8) is 0 Å². The number of hydrogen-bond acceptors (Lipinski definition) is 8. The van der Waals surface area contributed by atoms with Crippen molar-refractivity contribution in [2.75, 3.05) is 0 Å². The van der Waals surface area contributed by atoms with Gasteiger partial charge < -0.3 is 18.9 Å². The van der Waals surface area contributed by atoms with E-state index in [1.807, 2.05) is 6.92 Å². The maximum atomic E-state index is 14.1. The molecular formula is C78H142O8. The minimum Gasteiger partial charge on any atom is -0.449 e. The first kappa shape index (κ1) is 82.8. The van der Waals surface area contributed by atoms with Crippen molar-refractivity contribution in [2.24, 2.45) is 0 Å². The molecule has 0 N–H and O–H groups in total. The molecule has 0 radical (unpaired) electrons. The maximum Gasteiger partial charge on any atom is 0.463 e. The number of allylic oxidation sites excluding steroid dienone is 8. The van der Waals surface area contributed by atoms with Crippen LogP contribution in [0.15, 0.2) is 48.6 Å². The van der Waals surface area contributed by atoms with Gasteiger partial charge in [-0.2, -0.15) is 0 Å². The van der Waals surface area contributed by atoms with E-state index in [-0.39, 0.29) is 32.1 Å². The van der Waals surface area contributed by atoms with Gasteiger partial charge in [-0.3, -0.25) is 19.2 Å². The van der Waals surface area contributed by atoms with Gasteiger partial charge in [-0.25, -0.2) is 0 Å². The highest BCUT2D eigenvalue weighted by atomic mass is 16.9. The Kier molecular flexibility index (Phi) is 65.3. The largest absolute Gasteiger partial charge is 0.463 e. The second-order valence-corrected chi connectivity index (χ2v) is 25.5. The van der Waals surface area contributed by atoms with Gasteiger partial charge in [0.15, 0.2) is 0 Å². The van der Waals surface area contributed by atoms with Crippen LogP contribution in [0, 0.1) is 0 Å². The molecule has 0 bridgehead atoms. The standard InChI is InChI=1S/C78H142O8/c1-6-11-16-20-24-28-32-36-40-44-48-52-56-60-64-69-74(79)83-73(68-15-10-5)78(84-75(80)70-65-61-57-53-49-45-41-37-33-29-25-21-17-12-7-2,85-76(81)71-66-62-58-54-50-46-42-38-34-30-26-22-18-13-8-3)86-77(82)72-67-63-59-55-51-47-43-39-35-31-27-23-19-14-9-4/h36-43,73H,6-35,44-72H2,1-5H3/b40-36-,41-37-,42-38-,43-39-. The summed E-state index contributed by atoms with van der Waals surface area (Å²) in [5.74, 6) is -4.85. The molecule has 86 heavy (non-hydrogen) atoms. The van der Waals surface area contributed by atoms with Crippen LogP contribution in [-0.4, -0.2) is 36.0 Å². The predicted octanol–water partition coefficient (Wildman–Crippen LogP) is 25.5. The lowest BCUT2D eigenvalue weighted by Crippen LogP contribution is -2.55. The van der Waals surface area contributed by atoms with Crippen molar-refractivity contribution in [1.82, 2.24) is 0 Å². The third-order valence-corrected chi connectivity index (χ3v) is 16.8. The number of hydrogen-bond donors (Lipinski definition) is 0. The molecule has 0 rings (SSSR count).